The van der Waals surface area contributed by atoms with E-state index in [0.717, 1.165) is 25.2 Å². The van der Waals surface area contributed by atoms with Crippen LogP contribution in [0.1, 0.15) is 10.4 Å². The van der Waals surface area contributed by atoms with Crippen LogP contribution in [-0.2, 0) is 11.3 Å². The number of hydrogen-bond donors (Lipinski definition) is 2. The summed E-state index contributed by atoms with van der Waals surface area (Å²) in [5.41, 5.74) is 0.906. The number of aliphatic hydroxyl groups is 1. The van der Waals surface area contributed by atoms with Crippen molar-refractivity contribution in [3.63, 3.8) is 0 Å². The van der Waals surface area contributed by atoms with Crippen molar-refractivity contribution in [3.05, 3.63) is 21.9 Å². The van der Waals surface area contributed by atoms with Crippen molar-refractivity contribution in [1.82, 2.24) is 9.80 Å². The molecule has 1 atom stereocenters. The highest BCUT2D eigenvalue weighted by Gasteiger charge is 2.29. The van der Waals surface area contributed by atoms with Crippen molar-refractivity contribution >= 4 is 17.3 Å². The predicted octanol–water partition coefficient (Wildman–Crippen LogP) is 0.292. The second-order valence-electron chi connectivity index (χ2n) is 4.83. The number of aliphatic carboxylic acids is 1. The number of hydrogen-bond acceptors (Lipinski definition) is 5. The number of nitrogens with zero attached hydrogens (tertiary/aromatic N) is 2. The molecule has 2 heterocycles. The number of thiophene rings is 1. The number of piperazine rings is 1. The van der Waals surface area contributed by atoms with Gasteiger partial charge < -0.3 is 10.2 Å². The van der Waals surface area contributed by atoms with Gasteiger partial charge in [-0.05, 0) is 13.1 Å². The standard InChI is InChI=1S/C14H18N2O3S/c1-15-4-5-16(9-13(15)14(18)19)8-12-7-11(10-20-12)3-2-6-17/h7,10,13,17H,4-6,8-9H2,1H3,(H,18,19). The summed E-state index contributed by atoms with van der Waals surface area (Å²) in [6.45, 7) is 2.80. The molecule has 1 aromatic rings. The minimum absolute atomic E-state index is 0.135. The van der Waals surface area contributed by atoms with E-state index in [1.54, 1.807) is 11.3 Å². The number of rotatable bonds is 3. The molecule has 1 aliphatic rings. The van der Waals surface area contributed by atoms with E-state index in [0.29, 0.717) is 6.54 Å². The molecule has 0 spiro atoms. The third kappa shape index (κ3) is 3.81. The van der Waals surface area contributed by atoms with E-state index >= 15 is 0 Å². The maximum Gasteiger partial charge on any atom is 0.322 e. The Hall–Kier alpha value is -1.39. The van der Waals surface area contributed by atoms with E-state index in [1.807, 2.05) is 23.4 Å². The maximum absolute atomic E-state index is 11.2. The molecule has 0 amide bonds. The minimum Gasteiger partial charge on any atom is -0.480 e. The Balaban J connectivity index is 1.96. The summed E-state index contributed by atoms with van der Waals surface area (Å²) in [5.74, 6) is 4.73. The van der Waals surface area contributed by atoms with Crippen molar-refractivity contribution in [2.45, 2.75) is 12.6 Å². The number of likely N-dealkylation sites (N-methyl/N-ethyl adjacent to an activating group) is 1. The van der Waals surface area contributed by atoms with Gasteiger partial charge in [-0.3, -0.25) is 14.6 Å². The van der Waals surface area contributed by atoms with E-state index in [2.05, 4.69) is 16.7 Å². The summed E-state index contributed by atoms with van der Waals surface area (Å²) in [6, 6.07) is 1.57. The Morgan fingerprint density at radius 2 is 2.35 bits per heavy atom. The first-order valence-electron chi connectivity index (χ1n) is 6.42. The second-order valence-corrected chi connectivity index (χ2v) is 5.83. The Kier molecular flexibility index (Phi) is 5.15. The quantitative estimate of drug-likeness (QED) is 0.785. The fourth-order valence-electron chi connectivity index (χ4n) is 2.23. The van der Waals surface area contributed by atoms with Crippen molar-refractivity contribution in [2.24, 2.45) is 0 Å². The fraction of sp³-hybridized carbons (Fsp3) is 0.500. The minimum atomic E-state index is -0.766. The normalized spacial score (nSPS) is 20.4. The van der Waals surface area contributed by atoms with E-state index in [-0.39, 0.29) is 6.61 Å². The van der Waals surface area contributed by atoms with Gasteiger partial charge in [-0.1, -0.05) is 11.8 Å². The molecule has 1 unspecified atom stereocenters. The molecule has 0 saturated carbocycles. The average Bonchev–Trinajstić information content (AvgIpc) is 2.86. The smallest absolute Gasteiger partial charge is 0.322 e. The van der Waals surface area contributed by atoms with Gasteiger partial charge in [0.25, 0.3) is 0 Å². The molecular formula is C14H18N2O3S. The molecule has 0 bridgehead atoms. The molecule has 1 aliphatic heterocycles. The first kappa shape index (κ1) is 15.0. The molecule has 2 rings (SSSR count). The number of carboxylic acids is 1. The number of carbonyl (C=O) groups is 1. The lowest BCUT2D eigenvalue weighted by atomic mass is 10.2. The molecule has 20 heavy (non-hydrogen) atoms. The highest BCUT2D eigenvalue weighted by molar-refractivity contribution is 7.10. The predicted molar refractivity (Wildman–Crippen MR) is 77.6 cm³/mol. The van der Waals surface area contributed by atoms with Crippen LogP contribution < -0.4 is 0 Å². The lowest BCUT2D eigenvalue weighted by Crippen LogP contribution is -2.54. The van der Waals surface area contributed by atoms with Crippen LogP contribution in [0.2, 0.25) is 0 Å². The van der Waals surface area contributed by atoms with Crippen LogP contribution in [0.15, 0.2) is 11.4 Å². The highest BCUT2D eigenvalue weighted by atomic mass is 32.1. The Morgan fingerprint density at radius 1 is 1.55 bits per heavy atom. The second kappa shape index (κ2) is 6.86. The van der Waals surface area contributed by atoms with E-state index in [4.69, 9.17) is 5.11 Å². The molecule has 1 fully saturated rings. The summed E-state index contributed by atoms with van der Waals surface area (Å²) < 4.78 is 0. The van der Waals surface area contributed by atoms with Crippen molar-refractivity contribution in [1.29, 1.82) is 0 Å². The fourth-order valence-corrected chi connectivity index (χ4v) is 3.09. The van der Waals surface area contributed by atoms with Crippen LogP contribution in [0, 0.1) is 11.8 Å². The Labute approximate surface area is 122 Å². The van der Waals surface area contributed by atoms with Crippen LogP contribution >= 0.6 is 11.3 Å². The third-order valence-electron chi connectivity index (χ3n) is 3.36. The lowest BCUT2D eigenvalue weighted by molar-refractivity contribution is -0.145. The molecule has 0 aromatic carbocycles. The van der Waals surface area contributed by atoms with Gasteiger partial charge in [0.2, 0.25) is 0 Å². The first-order chi connectivity index (χ1) is 9.60. The molecule has 0 radical (unpaired) electrons. The van der Waals surface area contributed by atoms with Crippen LogP contribution in [-0.4, -0.2) is 65.3 Å². The van der Waals surface area contributed by atoms with Gasteiger partial charge in [0.15, 0.2) is 0 Å². The van der Waals surface area contributed by atoms with Gasteiger partial charge in [-0.25, -0.2) is 0 Å². The molecule has 5 nitrogen and oxygen atoms in total. The van der Waals surface area contributed by atoms with Gasteiger partial charge in [-0.15, -0.1) is 11.3 Å². The summed E-state index contributed by atoms with van der Waals surface area (Å²) >= 11 is 1.62. The average molecular weight is 294 g/mol. The molecule has 108 valence electrons. The number of carboxylic acid groups (broad SMARTS) is 1. The largest absolute Gasteiger partial charge is 0.480 e. The Morgan fingerprint density at radius 3 is 3.05 bits per heavy atom. The molecule has 1 saturated heterocycles. The van der Waals surface area contributed by atoms with Gasteiger partial charge in [0.1, 0.15) is 12.6 Å². The molecular weight excluding hydrogens is 276 g/mol. The van der Waals surface area contributed by atoms with Gasteiger partial charge in [0, 0.05) is 42.0 Å². The molecule has 2 N–H and O–H groups in total. The van der Waals surface area contributed by atoms with Gasteiger partial charge in [-0.2, -0.15) is 0 Å². The van der Waals surface area contributed by atoms with Crippen LogP contribution in [0.25, 0.3) is 0 Å². The van der Waals surface area contributed by atoms with E-state index < -0.39 is 12.0 Å². The molecule has 0 aliphatic carbocycles. The Bertz CT molecular complexity index is 532. The van der Waals surface area contributed by atoms with Crippen LogP contribution in [0.4, 0.5) is 0 Å². The highest BCUT2D eigenvalue weighted by Crippen LogP contribution is 2.18. The first-order valence-corrected chi connectivity index (χ1v) is 7.30. The summed E-state index contributed by atoms with van der Waals surface area (Å²) in [4.78, 5) is 16.4. The van der Waals surface area contributed by atoms with Crippen molar-refractivity contribution in [3.8, 4) is 11.8 Å². The maximum atomic E-state index is 11.2. The zero-order chi connectivity index (χ0) is 14.5. The SMILES string of the molecule is CN1CCN(Cc2cc(C#CCO)cs2)CC1C(=O)O. The monoisotopic (exact) mass is 294 g/mol. The summed E-state index contributed by atoms with van der Waals surface area (Å²) in [7, 11) is 1.85. The molecule has 6 heteroatoms. The van der Waals surface area contributed by atoms with E-state index in [9.17, 15) is 9.90 Å². The summed E-state index contributed by atoms with van der Waals surface area (Å²) in [5, 5.41) is 19.8. The number of aliphatic hydroxyl groups excluding tert-OH is 1. The lowest BCUT2D eigenvalue weighted by Gasteiger charge is -2.36. The third-order valence-corrected chi connectivity index (χ3v) is 4.28. The molecule has 1 aromatic heterocycles. The topological polar surface area (TPSA) is 64.0 Å². The zero-order valence-electron chi connectivity index (χ0n) is 11.4. The van der Waals surface area contributed by atoms with Crippen molar-refractivity contribution < 1.29 is 15.0 Å². The zero-order valence-corrected chi connectivity index (χ0v) is 12.2. The van der Waals surface area contributed by atoms with Crippen molar-refractivity contribution in [2.75, 3.05) is 33.3 Å². The van der Waals surface area contributed by atoms with Crippen LogP contribution in [0.5, 0.6) is 0 Å². The summed E-state index contributed by atoms with van der Waals surface area (Å²) in [6.07, 6.45) is 0. The van der Waals surface area contributed by atoms with Crippen LogP contribution in [0.3, 0.4) is 0 Å². The van der Waals surface area contributed by atoms with E-state index in [1.165, 1.54) is 4.88 Å². The van der Waals surface area contributed by atoms with Gasteiger partial charge in [0.05, 0.1) is 0 Å². The van der Waals surface area contributed by atoms with Gasteiger partial charge >= 0.3 is 5.97 Å².